The fourth-order valence-electron chi connectivity index (χ4n) is 5.48. The minimum Gasteiger partial charge on any atom is -0.459 e. The lowest BCUT2D eigenvalue weighted by Gasteiger charge is -2.61. The first-order chi connectivity index (χ1) is 9.35. The Hall–Kier alpha value is -0.530. The Balaban J connectivity index is 0.00000161. The predicted molar refractivity (Wildman–Crippen MR) is 100 cm³/mol. The summed E-state index contributed by atoms with van der Waals surface area (Å²) >= 11 is 0. The summed E-state index contributed by atoms with van der Waals surface area (Å²) in [5, 5.41) is 0. The maximum atomic E-state index is 12.3. The molecule has 0 aromatic heterocycles. The molecule has 4 rings (SSSR count). The number of hydrogen-bond donors (Lipinski definition) is 0. The van der Waals surface area contributed by atoms with E-state index in [2.05, 4.69) is 20.8 Å². The first-order valence-corrected chi connectivity index (χ1v) is 8.58. The molecule has 4 bridgehead atoms. The fraction of sp³-hybridized carbons (Fsp3) is 0.952. The highest BCUT2D eigenvalue weighted by atomic mass is 16.6. The predicted octanol–water partition coefficient (Wildman–Crippen LogP) is 6.48. The summed E-state index contributed by atoms with van der Waals surface area (Å²) < 4.78 is 6.04. The minimum absolute atomic E-state index is 0. The second-order valence-electron chi connectivity index (χ2n) is 8.44. The van der Waals surface area contributed by atoms with E-state index in [4.69, 9.17) is 4.74 Å². The maximum Gasteiger partial charge on any atom is 0.309 e. The lowest BCUT2D eigenvalue weighted by Crippen LogP contribution is -2.57. The SMILES string of the molecule is C.C.C.CCC(C)C(=O)OC(C)(C)C12CC3CC(CC(C3)C1)C2. The molecule has 138 valence electrons. The summed E-state index contributed by atoms with van der Waals surface area (Å²) in [6.07, 6.45) is 9.06. The number of carbonyl (C=O) groups is 1. The van der Waals surface area contributed by atoms with Crippen molar-refractivity contribution < 1.29 is 9.53 Å². The summed E-state index contributed by atoms with van der Waals surface area (Å²) in [4.78, 5) is 12.3. The van der Waals surface area contributed by atoms with Crippen molar-refractivity contribution in [3.63, 3.8) is 0 Å². The zero-order valence-corrected chi connectivity index (χ0v) is 13.6. The molecule has 0 amide bonds. The zero-order valence-electron chi connectivity index (χ0n) is 13.6. The molecular formula is C21H42O2. The van der Waals surface area contributed by atoms with Crippen LogP contribution in [0.2, 0.25) is 0 Å². The number of hydrogen-bond acceptors (Lipinski definition) is 2. The van der Waals surface area contributed by atoms with Crippen molar-refractivity contribution in [2.75, 3.05) is 0 Å². The first-order valence-electron chi connectivity index (χ1n) is 8.58. The van der Waals surface area contributed by atoms with Crippen LogP contribution in [-0.2, 0) is 9.53 Å². The standard InChI is InChI=1S/C18H30O2.3CH4/c1-5-12(2)16(19)20-17(3,4)18-9-13-6-14(10-18)8-15(7-13)11-18;;;/h12-15H,5-11H2,1-4H3;3*1H4. The van der Waals surface area contributed by atoms with Crippen LogP contribution in [-0.4, -0.2) is 11.6 Å². The van der Waals surface area contributed by atoms with Crippen LogP contribution in [0.5, 0.6) is 0 Å². The summed E-state index contributed by atoms with van der Waals surface area (Å²) in [6.45, 7) is 8.41. The van der Waals surface area contributed by atoms with Crippen LogP contribution in [0.4, 0.5) is 0 Å². The van der Waals surface area contributed by atoms with Gasteiger partial charge < -0.3 is 4.74 Å². The van der Waals surface area contributed by atoms with Gasteiger partial charge >= 0.3 is 5.97 Å². The molecule has 4 fully saturated rings. The third-order valence-corrected chi connectivity index (χ3v) is 6.69. The van der Waals surface area contributed by atoms with Crippen molar-refractivity contribution in [1.82, 2.24) is 0 Å². The number of ether oxygens (including phenoxy) is 1. The van der Waals surface area contributed by atoms with Crippen molar-refractivity contribution in [1.29, 1.82) is 0 Å². The van der Waals surface area contributed by atoms with Gasteiger partial charge in [0.25, 0.3) is 0 Å². The molecule has 2 heteroatoms. The van der Waals surface area contributed by atoms with Crippen LogP contribution in [0, 0.1) is 29.1 Å². The minimum atomic E-state index is -0.288. The van der Waals surface area contributed by atoms with Gasteiger partial charge in [0.05, 0.1) is 5.92 Å². The van der Waals surface area contributed by atoms with E-state index in [1.807, 2.05) is 6.92 Å². The van der Waals surface area contributed by atoms with Crippen LogP contribution in [0.1, 0.15) is 94.9 Å². The molecule has 4 aliphatic rings. The van der Waals surface area contributed by atoms with E-state index in [9.17, 15) is 4.79 Å². The molecule has 23 heavy (non-hydrogen) atoms. The normalized spacial score (nSPS) is 35.4. The van der Waals surface area contributed by atoms with E-state index >= 15 is 0 Å². The Morgan fingerprint density at radius 3 is 1.78 bits per heavy atom. The van der Waals surface area contributed by atoms with E-state index in [0.29, 0.717) is 0 Å². The summed E-state index contributed by atoms with van der Waals surface area (Å²) in [7, 11) is 0. The molecule has 4 aliphatic carbocycles. The zero-order chi connectivity index (χ0) is 14.5. The summed E-state index contributed by atoms with van der Waals surface area (Å²) in [5.41, 5.74) is -0.0194. The van der Waals surface area contributed by atoms with Gasteiger partial charge in [-0.3, -0.25) is 4.79 Å². The molecule has 0 radical (unpaired) electrons. The Labute approximate surface area is 145 Å². The van der Waals surface area contributed by atoms with Gasteiger partial charge in [-0.1, -0.05) is 36.1 Å². The van der Waals surface area contributed by atoms with Gasteiger partial charge in [0.2, 0.25) is 0 Å². The Morgan fingerprint density at radius 1 is 1.04 bits per heavy atom. The lowest BCUT2D eigenvalue weighted by molar-refractivity contribution is -0.201. The van der Waals surface area contributed by atoms with Gasteiger partial charge in [-0.15, -0.1) is 0 Å². The Kier molecular flexibility index (Phi) is 7.40. The van der Waals surface area contributed by atoms with Gasteiger partial charge in [-0.05, 0) is 76.5 Å². The van der Waals surface area contributed by atoms with Crippen LogP contribution < -0.4 is 0 Å². The second kappa shape index (κ2) is 7.57. The molecule has 2 nitrogen and oxygen atoms in total. The maximum absolute atomic E-state index is 12.3. The topological polar surface area (TPSA) is 26.3 Å². The number of rotatable bonds is 4. The fourth-order valence-corrected chi connectivity index (χ4v) is 5.48. The van der Waals surface area contributed by atoms with Gasteiger partial charge in [0, 0.05) is 5.41 Å². The molecule has 0 aromatic carbocycles. The highest BCUT2D eigenvalue weighted by Crippen LogP contribution is 2.64. The third kappa shape index (κ3) is 3.77. The van der Waals surface area contributed by atoms with E-state index < -0.39 is 0 Å². The third-order valence-electron chi connectivity index (χ3n) is 6.69. The molecule has 0 aliphatic heterocycles. The lowest BCUT2D eigenvalue weighted by atomic mass is 9.46. The molecule has 4 saturated carbocycles. The van der Waals surface area contributed by atoms with Crippen LogP contribution >= 0.6 is 0 Å². The average molecular weight is 327 g/mol. The van der Waals surface area contributed by atoms with Crippen molar-refractivity contribution >= 4 is 5.97 Å². The largest absolute Gasteiger partial charge is 0.459 e. The van der Waals surface area contributed by atoms with Gasteiger partial charge in [0.1, 0.15) is 5.60 Å². The molecular weight excluding hydrogens is 284 g/mol. The highest BCUT2D eigenvalue weighted by molar-refractivity contribution is 5.72. The van der Waals surface area contributed by atoms with Gasteiger partial charge in [-0.25, -0.2) is 0 Å². The average Bonchev–Trinajstić information content (AvgIpc) is 2.35. The van der Waals surface area contributed by atoms with Crippen molar-refractivity contribution in [3.8, 4) is 0 Å². The summed E-state index contributed by atoms with van der Waals surface area (Å²) in [6, 6.07) is 0. The van der Waals surface area contributed by atoms with Crippen molar-refractivity contribution in [2.24, 2.45) is 29.1 Å². The van der Waals surface area contributed by atoms with E-state index in [-0.39, 0.29) is 45.2 Å². The molecule has 0 saturated heterocycles. The number of carbonyl (C=O) groups excluding carboxylic acids is 1. The molecule has 0 N–H and O–H groups in total. The van der Waals surface area contributed by atoms with Crippen molar-refractivity contribution in [2.45, 2.75) is 101 Å². The Bertz CT molecular complexity index is 361. The van der Waals surface area contributed by atoms with E-state index in [0.717, 1.165) is 24.2 Å². The Morgan fingerprint density at radius 2 is 1.43 bits per heavy atom. The smallest absolute Gasteiger partial charge is 0.309 e. The number of esters is 1. The molecule has 0 aromatic rings. The summed E-state index contributed by atoms with van der Waals surface area (Å²) in [5.74, 6) is 2.75. The quantitative estimate of drug-likeness (QED) is 0.553. The monoisotopic (exact) mass is 326 g/mol. The van der Waals surface area contributed by atoms with Crippen LogP contribution in [0.25, 0.3) is 0 Å². The molecule has 0 heterocycles. The van der Waals surface area contributed by atoms with Crippen LogP contribution in [0.15, 0.2) is 0 Å². The second-order valence-corrected chi connectivity index (χ2v) is 8.44. The highest BCUT2D eigenvalue weighted by Gasteiger charge is 2.58. The van der Waals surface area contributed by atoms with E-state index in [1.165, 1.54) is 38.5 Å². The molecule has 1 unspecified atom stereocenters. The first kappa shape index (κ1) is 22.5. The van der Waals surface area contributed by atoms with Crippen molar-refractivity contribution in [3.05, 3.63) is 0 Å². The van der Waals surface area contributed by atoms with Gasteiger partial charge in [0.15, 0.2) is 0 Å². The molecule has 0 spiro atoms. The van der Waals surface area contributed by atoms with Gasteiger partial charge in [-0.2, -0.15) is 0 Å². The molecule has 1 atom stereocenters. The van der Waals surface area contributed by atoms with E-state index in [1.54, 1.807) is 0 Å². The van der Waals surface area contributed by atoms with Crippen LogP contribution in [0.3, 0.4) is 0 Å².